The van der Waals surface area contributed by atoms with Crippen LogP contribution < -0.4 is 15.4 Å². The van der Waals surface area contributed by atoms with Gasteiger partial charge in [0.05, 0.1) is 4.90 Å². The van der Waals surface area contributed by atoms with E-state index in [1.807, 2.05) is 44.2 Å². The molecule has 1 fully saturated rings. The fourth-order valence-electron chi connectivity index (χ4n) is 4.14. The highest BCUT2D eigenvalue weighted by Gasteiger charge is 2.27. The summed E-state index contributed by atoms with van der Waals surface area (Å²) in [7, 11) is -3.72. The average Bonchev–Trinajstić information content (AvgIpc) is 3.29. The summed E-state index contributed by atoms with van der Waals surface area (Å²) in [5.74, 6) is 0.0491. The minimum atomic E-state index is -3.72. The summed E-state index contributed by atoms with van der Waals surface area (Å²) in [4.78, 5) is 13.0. The van der Waals surface area contributed by atoms with Crippen molar-refractivity contribution in [1.82, 2.24) is 10.0 Å². The smallest absolute Gasteiger partial charge is 0.255 e. The van der Waals surface area contributed by atoms with Crippen molar-refractivity contribution in [2.45, 2.75) is 31.2 Å². The molecule has 31 heavy (non-hydrogen) atoms. The Morgan fingerprint density at radius 1 is 1.03 bits per heavy atom. The van der Waals surface area contributed by atoms with Gasteiger partial charge in [-0.05, 0) is 63.0 Å². The minimum Gasteiger partial charge on any atom is -0.321 e. The minimum absolute atomic E-state index is 0.167. The summed E-state index contributed by atoms with van der Waals surface area (Å²) < 4.78 is 29.2. The van der Waals surface area contributed by atoms with Crippen molar-refractivity contribution in [2.24, 2.45) is 5.92 Å². The normalized spacial score (nSPS) is 17.5. The summed E-state index contributed by atoms with van der Waals surface area (Å²) in [6, 6.07) is 17.7. The number of hydrogen-bond acceptors (Lipinski definition) is 4. The lowest BCUT2D eigenvalue weighted by Gasteiger charge is -2.21. The maximum absolute atomic E-state index is 13.2. The molecule has 7 heteroatoms. The molecule has 3 N–H and O–H groups in total. The number of sulfonamides is 1. The Kier molecular flexibility index (Phi) is 6.09. The standard InChI is InChI=1S/C24H27N3O3S/c1-16-7-3-4-8-19(16)24(28)26-22-11-12-23(21-10-6-5-9-20(21)22)31(29,30)27-17(2)18-13-14-25-15-18/h3-12,17-18,25,27H,13-15H2,1-2H3,(H,26,28). The molecule has 0 spiro atoms. The summed E-state index contributed by atoms with van der Waals surface area (Å²) >= 11 is 0. The summed E-state index contributed by atoms with van der Waals surface area (Å²) in [5.41, 5.74) is 2.04. The van der Waals surface area contributed by atoms with Crippen molar-refractivity contribution in [3.05, 3.63) is 71.8 Å². The van der Waals surface area contributed by atoms with E-state index in [0.29, 0.717) is 22.0 Å². The van der Waals surface area contributed by atoms with Gasteiger partial charge in [-0.15, -0.1) is 0 Å². The molecule has 0 aromatic heterocycles. The number of fused-ring (bicyclic) bond motifs is 1. The predicted octanol–water partition coefficient (Wildman–Crippen LogP) is 3.68. The molecule has 1 heterocycles. The first-order valence-electron chi connectivity index (χ1n) is 10.5. The van der Waals surface area contributed by atoms with Crippen LogP contribution in [0.25, 0.3) is 10.8 Å². The highest BCUT2D eigenvalue weighted by Crippen LogP contribution is 2.30. The summed E-state index contributed by atoms with van der Waals surface area (Å²) in [5, 5.41) is 7.48. The molecule has 0 aliphatic carbocycles. The number of aryl methyl sites for hydroxylation is 1. The van der Waals surface area contributed by atoms with Crippen LogP contribution in [0.1, 0.15) is 29.3 Å². The number of anilines is 1. The van der Waals surface area contributed by atoms with Gasteiger partial charge in [-0.3, -0.25) is 4.79 Å². The Morgan fingerprint density at radius 2 is 1.74 bits per heavy atom. The van der Waals surface area contributed by atoms with E-state index in [-0.39, 0.29) is 22.8 Å². The van der Waals surface area contributed by atoms with Gasteiger partial charge >= 0.3 is 0 Å². The quantitative estimate of drug-likeness (QED) is 0.549. The van der Waals surface area contributed by atoms with E-state index in [4.69, 9.17) is 0 Å². The molecule has 0 saturated carbocycles. The van der Waals surface area contributed by atoms with Crippen molar-refractivity contribution in [2.75, 3.05) is 18.4 Å². The van der Waals surface area contributed by atoms with Gasteiger partial charge in [0, 0.05) is 28.1 Å². The summed E-state index contributed by atoms with van der Waals surface area (Å²) in [6.45, 7) is 5.52. The summed E-state index contributed by atoms with van der Waals surface area (Å²) in [6.07, 6.45) is 0.953. The van der Waals surface area contributed by atoms with Gasteiger partial charge in [0.15, 0.2) is 0 Å². The van der Waals surface area contributed by atoms with Gasteiger partial charge in [-0.1, -0.05) is 42.5 Å². The monoisotopic (exact) mass is 437 g/mol. The van der Waals surface area contributed by atoms with Crippen LogP contribution in [-0.2, 0) is 10.0 Å². The van der Waals surface area contributed by atoms with Crippen molar-refractivity contribution >= 4 is 32.4 Å². The number of hydrogen-bond donors (Lipinski definition) is 3. The molecule has 4 rings (SSSR count). The first-order valence-corrected chi connectivity index (χ1v) is 12.0. The second kappa shape index (κ2) is 8.78. The lowest BCUT2D eigenvalue weighted by molar-refractivity contribution is 0.102. The van der Waals surface area contributed by atoms with E-state index in [2.05, 4.69) is 15.4 Å². The topological polar surface area (TPSA) is 87.3 Å². The average molecular weight is 438 g/mol. The molecule has 1 aliphatic rings. The third kappa shape index (κ3) is 4.49. The van der Waals surface area contributed by atoms with E-state index < -0.39 is 10.0 Å². The van der Waals surface area contributed by atoms with Crippen LogP contribution in [0.2, 0.25) is 0 Å². The molecule has 3 aromatic rings. The lowest BCUT2D eigenvalue weighted by atomic mass is 10.0. The lowest BCUT2D eigenvalue weighted by Crippen LogP contribution is -2.38. The Hall–Kier alpha value is -2.74. The second-order valence-corrected chi connectivity index (χ2v) is 9.77. The zero-order valence-electron chi connectivity index (χ0n) is 17.7. The molecule has 1 aliphatic heterocycles. The van der Waals surface area contributed by atoms with Crippen LogP contribution in [0.15, 0.2) is 65.6 Å². The SMILES string of the molecule is Cc1ccccc1C(=O)Nc1ccc(S(=O)(=O)NC(C)C2CCNC2)c2ccccc12. The zero-order chi connectivity index (χ0) is 22.0. The molecule has 1 saturated heterocycles. The Bertz CT molecular complexity index is 1220. The van der Waals surface area contributed by atoms with Crippen LogP contribution in [0.5, 0.6) is 0 Å². The van der Waals surface area contributed by atoms with Crippen molar-refractivity contribution in [3.63, 3.8) is 0 Å². The second-order valence-electron chi connectivity index (χ2n) is 8.09. The van der Waals surface area contributed by atoms with E-state index in [1.165, 1.54) is 0 Å². The van der Waals surface area contributed by atoms with Crippen LogP contribution in [-0.4, -0.2) is 33.5 Å². The number of carbonyl (C=O) groups excluding carboxylic acids is 1. The molecule has 0 bridgehead atoms. The zero-order valence-corrected chi connectivity index (χ0v) is 18.5. The molecule has 6 nitrogen and oxygen atoms in total. The Labute approximate surface area is 183 Å². The van der Waals surface area contributed by atoms with Crippen molar-refractivity contribution in [1.29, 1.82) is 0 Å². The van der Waals surface area contributed by atoms with Gasteiger partial charge in [-0.25, -0.2) is 13.1 Å². The number of carbonyl (C=O) groups is 1. The van der Waals surface area contributed by atoms with Gasteiger partial charge in [-0.2, -0.15) is 0 Å². The fourth-order valence-corrected chi connectivity index (χ4v) is 5.66. The molecular weight excluding hydrogens is 410 g/mol. The van der Waals surface area contributed by atoms with E-state index in [0.717, 1.165) is 25.1 Å². The first-order chi connectivity index (χ1) is 14.9. The van der Waals surface area contributed by atoms with Crippen LogP contribution >= 0.6 is 0 Å². The van der Waals surface area contributed by atoms with E-state index in [1.54, 1.807) is 30.3 Å². The highest BCUT2D eigenvalue weighted by molar-refractivity contribution is 7.89. The maximum Gasteiger partial charge on any atom is 0.255 e. The van der Waals surface area contributed by atoms with Gasteiger partial charge < -0.3 is 10.6 Å². The maximum atomic E-state index is 13.2. The van der Waals surface area contributed by atoms with E-state index >= 15 is 0 Å². The number of benzene rings is 3. The molecule has 0 radical (unpaired) electrons. The third-order valence-corrected chi connectivity index (χ3v) is 7.58. The van der Waals surface area contributed by atoms with Crippen LogP contribution in [0.3, 0.4) is 0 Å². The number of rotatable bonds is 6. The third-order valence-electron chi connectivity index (χ3n) is 5.96. The molecule has 2 atom stereocenters. The molecule has 1 amide bonds. The van der Waals surface area contributed by atoms with Gasteiger partial charge in [0.25, 0.3) is 5.91 Å². The molecular formula is C24H27N3O3S. The predicted molar refractivity (Wildman–Crippen MR) is 124 cm³/mol. The largest absolute Gasteiger partial charge is 0.321 e. The van der Waals surface area contributed by atoms with Crippen LogP contribution in [0, 0.1) is 12.8 Å². The van der Waals surface area contributed by atoms with Crippen molar-refractivity contribution in [3.8, 4) is 0 Å². The highest BCUT2D eigenvalue weighted by atomic mass is 32.2. The van der Waals surface area contributed by atoms with Gasteiger partial charge in [0.1, 0.15) is 0 Å². The van der Waals surface area contributed by atoms with Gasteiger partial charge in [0.2, 0.25) is 10.0 Å². The van der Waals surface area contributed by atoms with E-state index in [9.17, 15) is 13.2 Å². The molecule has 3 aromatic carbocycles. The van der Waals surface area contributed by atoms with Crippen molar-refractivity contribution < 1.29 is 13.2 Å². The number of nitrogens with one attached hydrogen (secondary N) is 3. The Balaban J connectivity index is 1.66. The number of amides is 1. The molecule has 162 valence electrons. The first kappa shape index (κ1) is 21.5. The van der Waals surface area contributed by atoms with Crippen LogP contribution in [0.4, 0.5) is 5.69 Å². The molecule has 2 unspecified atom stereocenters. The fraction of sp³-hybridized carbons (Fsp3) is 0.292. The Morgan fingerprint density at radius 3 is 2.45 bits per heavy atom.